The Kier molecular flexibility index (Phi) is 4.46. The minimum Gasteiger partial charge on any atom is -0.320 e. The smallest absolute Gasteiger partial charge is 0.320 e. The minimum absolute atomic E-state index is 0.00795. The molecule has 2 aromatic carbocycles. The fourth-order valence-electron chi connectivity index (χ4n) is 2.14. The second kappa shape index (κ2) is 6.27. The highest BCUT2D eigenvalue weighted by Gasteiger charge is 2.31. The molecule has 0 spiro atoms. The number of rotatable bonds is 2. The van der Waals surface area contributed by atoms with Gasteiger partial charge < -0.3 is 5.32 Å². The number of nitrogens with one attached hydrogen (secondary N) is 1. The normalized spacial score (nSPS) is 11.7. The van der Waals surface area contributed by atoms with Gasteiger partial charge in [-0.3, -0.25) is 4.79 Å². The van der Waals surface area contributed by atoms with Crippen LogP contribution in [-0.4, -0.2) is 5.91 Å². The van der Waals surface area contributed by atoms with Crippen molar-refractivity contribution in [2.75, 3.05) is 5.32 Å². The number of carbonyl (C=O) groups excluding carboxylic acids is 1. The highest BCUT2D eigenvalue weighted by atomic mass is 35.5. The number of halogens is 5. The molecule has 3 rings (SSSR count). The van der Waals surface area contributed by atoms with E-state index >= 15 is 0 Å². The molecule has 0 saturated heterocycles. The molecular formula is C16H8Cl2F3NOS. The van der Waals surface area contributed by atoms with Crippen LogP contribution in [0, 0.1) is 0 Å². The van der Waals surface area contributed by atoms with Gasteiger partial charge in [0.25, 0.3) is 5.91 Å². The largest absolute Gasteiger partial charge is 0.416 e. The fourth-order valence-corrected chi connectivity index (χ4v) is 3.71. The highest BCUT2D eigenvalue weighted by Crippen LogP contribution is 2.37. The average molecular weight is 390 g/mol. The summed E-state index contributed by atoms with van der Waals surface area (Å²) in [6.07, 6.45) is -4.53. The first-order chi connectivity index (χ1) is 11.3. The summed E-state index contributed by atoms with van der Waals surface area (Å²) in [5.74, 6) is -0.609. The molecule has 0 fully saturated rings. The van der Waals surface area contributed by atoms with Gasteiger partial charge in [-0.25, -0.2) is 0 Å². The van der Waals surface area contributed by atoms with Crippen molar-refractivity contribution in [2.24, 2.45) is 0 Å². The predicted molar refractivity (Wildman–Crippen MR) is 91.2 cm³/mol. The first-order valence-electron chi connectivity index (χ1n) is 6.62. The monoisotopic (exact) mass is 389 g/mol. The SMILES string of the molecule is O=C(Nc1cc(C(F)(F)F)ccc1Cl)c1sc2ccccc2c1Cl. The van der Waals surface area contributed by atoms with Gasteiger partial charge in [0.05, 0.1) is 21.3 Å². The van der Waals surface area contributed by atoms with Crippen LogP contribution in [0.3, 0.4) is 0 Å². The van der Waals surface area contributed by atoms with E-state index in [0.717, 1.165) is 34.2 Å². The standard InChI is InChI=1S/C16H8Cl2F3NOS/c17-10-6-5-8(16(19,20)21)7-11(10)22-15(23)14-13(18)9-3-1-2-4-12(9)24-14/h1-7H,(H,22,23). The van der Waals surface area contributed by atoms with Gasteiger partial charge in [0.2, 0.25) is 0 Å². The first-order valence-corrected chi connectivity index (χ1v) is 8.20. The molecule has 1 heterocycles. The lowest BCUT2D eigenvalue weighted by Crippen LogP contribution is -2.12. The maximum atomic E-state index is 12.8. The molecule has 1 aromatic heterocycles. The molecule has 0 aliphatic carbocycles. The summed E-state index contributed by atoms with van der Waals surface area (Å²) in [6.45, 7) is 0. The number of thiophene rings is 1. The number of benzene rings is 2. The van der Waals surface area contributed by atoms with Crippen molar-refractivity contribution in [3.63, 3.8) is 0 Å². The van der Waals surface area contributed by atoms with Gasteiger partial charge in [0.15, 0.2) is 0 Å². The molecule has 0 aliphatic rings. The number of hydrogen-bond acceptors (Lipinski definition) is 2. The van der Waals surface area contributed by atoms with Gasteiger partial charge in [0, 0.05) is 10.1 Å². The van der Waals surface area contributed by atoms with E-state index in [-0.39, 0.29) is 20.6 Å². The van der Waals surface area contributed by atoms with E-state index in [1.807, 2.05) is 0 Å². The lowest BCUT2D eigenvalue weighted by molar-refractivity contribution is -0.137. The molecule has 1 N–H and O–H groups in total. The third kappa shape index (κ3) is 3.22. The Morgan fingerprint density at radius 2 is 1.79 bits per heavy atom. The Hall–Kier alpha value is -1.76. The third-order valence-corrected chi connectivity index (χ3v) is 5.29. The molecule has 0 bridgehead atoms. The van der Waals surface area contributed by atoms with Gasteiger partial charge in [-0.1, -0.05) is 41.4 Å². The maximum Gasteiger partial charge on any atom is 0.416 e. The van der Waals surface area contributed by atoms with E-state index in [2.05, 4.69) is 5.32 Å². The number of hydrogen-bond donors (Lipinski definition) is 1. The molecule has 0 unspecified atom stereocenters. The summed E-state index contributed by atoms with van der Waals surface area (Å²) in [5.41, 5.74) is -1.02. The number of fused-ring (bicyclic) bond motifs is 1. The van der Waals surface area contributed by atoms with Gasteiger partial charge in [0.1, 0.15) is 4.88 Å². The van der Waals surface area contributed by atoms with E-state index in [0.29, 0.717) is 5.39 Å². The molecule has 1 amide bonds. The predicted octanol–water partition coefficient (Wildman–Crippen LogP) is 6.48. The van der Waals surface area contributed by atoms with Crippen molar-refractivity contribution >= 4 is 56.2 Å². The van der Waals surface area contributed by atoms with Crippen LogP contribution in [0.2, 0.25) is 10.0 Å². The fraction of sp³-hybridized carbons (Fsp3) is 0.0625. The number of amides is 1. The number of carbonyl (C=O) groups is 1. The van der Waals surface area contributed by atoms with Gasteiger partial charge in [-0.05, 0) is 24.3 Å². The quantitative estimate of drug-likeness (QED) is 0.533. The van der Waals surface area contributed by atoms with Crippen LogP contribution in [0.15, 0.2) is 42.5 Å². The van der Waals surface area contributed by atoms with Crippen LogP contribution in [0.25, 0.3) is 10.1 Å². The molecule has 0 radical (unpaired) electrons. The van der Waals surface area contributed by atoms with Crippen molar-refractivity contribution in [1.29, 1.82) is 0 Å². The Bertz CT molecular complexity index is 937. The molecule has 0 atom stereocenters. The van der Waals surface area contributed by atoms with Crippen molar-refractivity contribution in [1.82, 2.24) is 0 Å². The number of alkyl halides is 3. The molecular weight excluding hydrogens is 382 g/mol. The topological polar surface area (TPSA) is 29.1 Å². The molecule has 0 aliphatic heterocycles. The number of anilines is 1. The van der Waals surface area contributed by atoms with E-state index in [4.69, 9.17) is 23.2 Å². The van der Waals surface area contributed by atoms with Gasteiger partial charge >= 0.3 is 6.18 Å². The van der Waals surface area contributed by atoms with Crippen LogP contribution in [-0.2, 0) is 6.18 Å². The summed E-state index contributed by atoms with van der Waals surface area (Å²) in [5, 5.41) is 3.38. The second-order valence-corrected chi connectivity index (χ2v) is 6.73. The summed E-state index contributed by atoms with van der Waals surface area (Å²) in [6, 6.07) is 9.90. The van der Waals surface area contributed by atoms with Gasteiger partial charge in [-0.15, -0.1) is 11.3 Å². The van der Waals surface area contributed by atoms with Gasteiger partial charge in [-0.2, -0.15) is 13.2 Å². The summed E-state index contributed by atoms with van der Waals surface area (Å²) < 4.78 is 39.2. The lowest BCUT2D eigenvalue weighted by atomic mass is 10.2. The van der Waals surface area contributed by atoms with E-state index < -0.39 is 17.6 Å². The summed E-state index contributed by atoms with van der Waals surface area (Å²) in [4.78, 5) is 12.6. The Balaban J connectivity index is 1.96. The highest BCUT2D eigenvalue weighted by molar-refractivity contribution is 7.21. The molecule has 24 heavy (non-hydrogen) atoms. The zero-order valence-electron chi connectivity index (χ0n) is 11.7. The molecule has 0 saturated carbocycles. The van der Waals surface area contributed by atoms with Crippen LogP contribution in [0.5, 0.6) is 0 Å². The van der Waals surface area contributed by atoms with E-state index in [9.17, 15) is 18.0 Å². The average Bonchev–Trinajstić information content (AvgIpc) is 2.86. The Morgan fingerprint density at radius 1 is 1.08 bits per heavy atom. The molecule has 8 heteroatoms. The summed E-state index contributed by atoms with van der Waals surface area (Å²) >= 11 is 13.2. The Labute approximate surface area is 148 Å². The molecule has 2 nitrogen and oxygen atoms in total. The first kappa shape index (κ1) is 17.1. The van der Waals surface area contributed by atoms with E-state index in [1.165, 1.54) is 0 Å². The van der Waals surface area contributed by atoms with Crippen molar-refractivity contribution < 1.29 is 18.0 Å². The molecule has 3 aromatic rings. The third-order valence-electron chi connectivity index (χ3n) is 3.28. The van der Waals surface area contributed by atoms with Crippen molar-refractivity contribution in [3.8, 4) is 0 Å². The van der Waals surface area contributed by atoms with Crippen LogP contribution in [0.1, 0.15) is 15.2 Å². The van der Waals surface area contributed by atoms with Crippen LogP contribution >= 0.6 is 34.5 Å². The maximum absolute atomic E-state index is 12.8. The van der Waals surface area contributed by atoms with Crippen molar-refractivity contribution in [3.05, 3.63) is 63.0 Å². The lowest BCUT2D eigenvalue weighted by Gasteiger charge is -2.11. The summed E-state index contributed by atoms with van der Waals surface area (Å²) in [7, 11) is 0. The van der Waals surface area contributed by atoms with Crippen LogP contribution < -0.4 is 5.32 Å². The van der Waals surface area contributed by atoms with Crippen LogP contribution in [0.4, 0.5) is 18.9 Å². The van der Waals surface area contributed by atoms with E-state index in [1.54, 1.807) is 24.3 Å². The Morgan fingerprint density at radius 3 is 2.46 bits per heavy atom. The zero-order chi connectivity index (χ0) is 17.5. The van der Waals surface area contributed by atoms with Crippen molar-refractivity contribution in [2.45, 2.75) is 6.18 Å². The second-order valence-electron chi connectivity index (χ2n) is 4.89. The molecule has 124 valence electrons. The minimum atomic E-state index is -4.53. The zero-order valence-corrected chi connectivity index (χ0v) is 14.1.